The van der Waals surface area contributed by atoms with Gasteiger partial charge in [-0.3, -0.25) is 0 Å². The third-order valence-corrected chi connectivity index (χ3v) is 4.77. The zero-order valence-electron chi connectivity index (χ0n) is 13.7. The highest BCUT2D eigenvalue weighted by molar-refractivity contribution is 5.46. The van der Waals surface area contributed by atoms with Crippen LogP contribution < -0.4 is 10.2 Å². The second kappa shape index (κ2) is 6.62. The third-order valence-electron chi connectivity index (χ3n) is 4.77. The average molecular weight is 274 g/mol. The van der Waals surface area contributed by atoms with Crippen LogP contribution in [0.2, 0.25) is 0 Å². The van der Waals surface area contributed by atoms with Crippen LogP contribution >= 0.6 is 0 Å². The zero-order chi connectivity index (χ0) is 14.7. The first-order valence-corrected chi connectivity index (χ1v) is 7.95. The van der Waals surface area contributed by atoms with Crippen LogP contribution in [0.1, 0.15) is 44.7 Å². The second-order valence-electron chi connectivity index (χ2n) is 6.93. The Morgan fingerprint density at radius 2 is 1.55 bits per heavy atom. The molecule has 0 spiro atoms. The summed E-state index contributed by atoms with van der Waals surface area (Å²) >= 11 is 0. The van der Waals surface area contributed by atoms with Crippen molar-refractivity contribution in [1.29, 1.82) is 0 Å². The van der Waals surface area contributed by atoms with Gasteiger partial charge in [-0.25, -0.2) is 0 Å². The van der Waals surface area contributed by atoms with Gasteiger partial charge in [-0.05, 0) is 61.8 Å². The standard InChI is InChI=1S/C18H30N2/c1-13-10-14(2)12-16(11-13)18(19-3)15-6-8-17(9-7-15)20(4)5/h6-9,13-14,16,18-19H,10-12H2,1-5H3. The van der Waals surface area contributed by atoms with Crippen LogP contribution in [0.3, 0.4) is 0 Å². The molecule has 1 aliphatic carbocycles. The van der Waals surface area contributed by atoms with Gasteiger partial charge in [-0.1, -0.05) is 26.0 Å². The largest absolute Gasteiger partial charge is 0.378 e. The lowest BCUT2D eigenvalue weighted by molar-refractivity contribution is 0.180. The maximum absolute atomic E-state index is 3.56. The summed E-state index contributed by atoms with van der Waals surface area (Å²) in [6.07, 6.45) is 4.10. The topological polar surface area (TPSA) is 15.3 Å². The summed E-state index contributed by atoms with van der Waals surface area (Å²) in [5.74, 6) is 2.49. The fourth-order valence-corrected chi connectivity index (χ4v) is 3.94. The van der Waals surface area contributed by atoms with Gasteiger partial charge in [-0.2, -0.15) is 0 Å². The number of nitrogens with one attached hydrogen (secondary N) is 1. The summed E-state index contributed by atoms with van der Waals surface area (Å²) in [5.41, 5.74) is 2.71. The average Bonchev–Trinajstić information content (AvgIpc) is 2.39. The summed E-state index contributed by atoms with van der Waals surface area (Å²) in [4.78, 5) is 2.16. The molecule has 1 aliphatic rings. The first-order valence-electron chi connectivity index (χ1n) is 7.95. The van der Waals surface area contributed by atoms with Crippen LogP contribution in [0.5, 0.6) is 0 Å². The quantitative estimate of drug-likeness (QED) is 0.890. The maximum atomic E-state index is 3.56. The van der Waals surface area contributed by atoms with E-state index < -0.39 is 0 Å². The van der Waals surface area contributed by atoms with Gasteiger partial charge in [0.15, 0.2) is 0 Å². The van der Waals surface area contributed by atoms with Crippen LogP contribution in [0.15, 0.2) is 24.3 Å². The molecule has 0 bridgehead atoms. The summed E-state index contributed by atoms with van der Waals surface area (Å²) in [6, 6.07) is 9.54. The number of hydrogen-bond acceptors (Lipinski definition) is 2. The predicted octanol–water partition coefficient (Wildman–Crippen LogP) is 4.09. The number of rotatable bonds is 4. The Hall–Kier alpha value is -1.02. The molecule has 3 atom stereocenters. The molecule has 0 aliphatic heterocycles. The highest BCUT2D eigenvalue weighted by Gasteiger charge is 2.30. The summed E-state index contributed by atoms with van der Waals surface area (Å²) in [6.45, 7) is 4.81. The zero-order valence-corrected chi connectivity index (χ0v) is 13.7. The van der Waals surface area contributed by atoms with Gasteiger partial charge in [0.05, 0.1) is 0 Å². The molecular weight excluding hydrogens is 244 g/mol. The molecule has 1 N–H and O–H groups in total. The molecule has 1 aromatic carbocycles. The van der Waals surface area contributed by atoms with Gasteiger partial charge in [0, 0.05) is 25.8 Å². The van der Waals surface area contributed by atoms with Crippen molar-refractivity contribution in [2.24, 2.45) is 17.8 Å². The normalized spacial score (nSPS) is 28.1. The smallest absolute Gasteiger partial charge is 0.0361 e. The van der Waals surface area contributed by atoms with Crippen LogP contribution in [0.4, 0.5) is 5.69 Å². The van der Waals surface area contributed by atoms with Crippen molar-refractivity contribution in [1.82, 2.24) is 5.32 Å². The van der Waals surface area contributed by atoms with Crippen molar-refractivity contribution in [2.45, 2.75) is 39.2 Å². The Bertz CT molecular complexity index is 400. The fourth-order valence-electron chi connectivity index (χ4n) is 3.94. The predicted molar refractivity (Wildman–Crippen MR) is 88.2 cm³/mol. The van der Waals surface area contributed by atoms with Gasteiger partial charge in [0.25, 0.3) is 0 Å². The van der Waals surface area contributed by atoms with Crippen LogP contribution in [-0.2, 0) is 0 Å². The van der Waals surface area contributed by atoms with E-state index in [9.17, 15) is 0 Å². The molecule has 0 amide bonds. The Morgan fingerprint density at radius 1 is 1.00 bits per heavy atom. The Morgan fingerprint density at radius 3 is 2.00 bits per heavy atom. The van der Waals surface area contributed by atoms with E-state index >= 15 is 0 Å². The fraction of sp³-hybridized carbons (Fsp3) is 0.667. The van der Waals surface area contributed by atoms with Gasteiger partial charge in [0.1, 0.15) is 0 Å². The van der Waals surface area contributed by atoms with Gasteiger partial charge in [-0.15, -0.1) is 0 Å². The molecule has 2 rings (SSSR count). The number of nitrogens with zero attached hydrogens (tertiary/aromatic N) is 1. The van der Waals surface area contributed by atoms with E-state index in [0.29, 0.717) is 6.04 Å². The highest BCUT2D eigenvalue weighted by Crippen LogP contribution is 2.39. The Labute approximate surface area is 124 Å². The van der Waals surface area contributed by atoms with Crippen molar-refractivity contribution >= 4 is 5.69 Å². The lowest BCUT2D eigenvalue weighted by Crippen LogP contribution is -2.31. The van der Waals surface area contributed by atoms with E-state index in [1.54, 1.807) is 0 Å². The molecule has 2 nitrogen and oxygen atoms in total. The molecule has 1 saturated carbocycles. The van der Waals surface area contributed by atoms with E-state index in [1.165, 1.54) is 30.5 Å². The van der Waals surface area contributed by atoms with Crippen LogP contribution in [-0.4, -0.2) is 21.1 Å². The molecule has 112 valence electrons. The summed E-state index contributed by atoms with van der Waals surface area (Å²) < 4.78 is 0. The first-order chi connectivity index (χ1) is 9.51. The number of anilines is 1. The molecule has 20 heavy (non-hydrogen) atoms. The third kappa shape index (κ3) is 3.54. The SMILES string of the molecule is CNC(c1ccc(N(C)C)cc1)C1CC(C)CC(C)C1. The summed E-state index contributed by atoms with van der Waals surface area (Å²) in [5, 5.41) is 3.56. The van der Waals surface area contributed by atoms with E-state index in [-0.39, 0.29) is 0 Å². The summed E-state index contributed by atoms with van der Waals surface area (Å²) in [7, 11) is 6.29. The van der Waals surface area contributed by atoms with Crippen molar-refractivity contribution in [3.05, 3.63) is 29.8 Å². The Balaban J connectivity index is 2.14. The first kappa shape index (κ1) is 15.4. The lowest BCUT2D eigenvalue weighted by atomic mass is 9.72. The molecular formula is C18H30N2. The number of benzene rings is 1. The van der Waals surface area contributed by atoms with Gasteiger partial charge < -0.3 is 10.2 Å². The minimum atomic E-state index is 0.497. The maximum Gasteiger partial charge on any atom is 0.0361 e. The van der Waals surface area contributed by atoms with Gasteiger partial charge in [0.2, 0.25) is 0 Å². The minimum Gasteiger partial charge on any atom is -0.378 e. The molecule has 0 heterocycles. The monoisotopic (exact) mass is 274 g/mol. The molecule has 1 aromatic rings. The van der Waals surface area contributed by atoms with Crippen molar-refractivity contribution in [3.8, 4) is 0 Å². The number of hydrogen-bond donors (Lipinski definition) is 1. The molecule has 3 unspecified atom stereocenters. The van der Waals surface area contributed by atoms with Crippen molar-refractivity contribution < 1.29 is 0 Å². The van der Waals surface area contributed by atoms with Gasteiger partial charge >= 0.3 is 0 Å². The van der Waals surface area contributed by atoms with E-state index in [0.717, 1.165) is 17.8 Å². The van der Waals surface area contributed by atoms with Crippen LogP contribution in [0, 0.1) is 17.8 Å². The lowest BCUT2D eigenvalue weighted by Gasteiger charge is -2.36. The molecule has 1 fully saturated rings. The molecule has 2 heteroatoms. The van der Waals surface area contributed by atoms with Crippen molar-refractivity contribution in [3.63, 3.8) is 0 Å². The molecule has 0 radical (unpaired) electrons. The Kier molecular flexibility index (Phi) is 5.09. The molecule has 0 saturated heterocycles. The van der Waals surface area contributed by atoms with Crippen molar-refractivity contribution in [2.75, 3.05) is 26.0 Å². The van der Waals surface area contributed by atoms with E-state index in [2.05, 4.69) is 69.5 Å². The van der Waals surface area contributed by atoms with E-state index in [1.807, 2.05) is 0 Å². The second-order valence-corrected chi connectivity index (χ2v) is 6.93. The highest BCUT2D eigenvalue weighted by atomic mass is 15.1. The van der Waals surface area contributed by atoms with Crippen LogP contribution in [0.25, 0.3) is 0 Å². The molecule has 0 aromatic heterocycles. The van der Waals surface area contributed by atoms with E-state index in [4.69, 9.17) is 0 Å². The minimum absolute atomic E-state index is 0.497.